The summed E-state index contributed by atoms with van der Waals surface area (Å²) in [5.74, 6) is 0.362. The van der Waals surface area contributed by atoms with Crippen LogP contribution in [-0.2, 0) is 37.8 Å². The third kappa shape index (κ3) is 3.77. The summed E-state index contributed by atoms with van der Waals surface area (Å²) < 4.78 is 63.2. The number of hydrogen-bond acceptors (Lipinski definition) is 7. The van der Waals surface area contributed by atoms with Crippen LogP contribution >= 0.6 is 0 Å². The minimum atomic E-state index is -3.81. The molecule has 0 atom stereocenters. The van der Waals surface area contributed by atoms with E-state index in [4.69, 9.17) is 9.47 Å². The third-order valence-corrected chi connectivity index (χ3v) is 9.02. The standard InChI is InChI=1S/C20H22N2O7S2/c1-28-18-11-14-7-9-21(13-15(14)12-19(18)29-2)31(26,27)17-5-3-16(4-6-17)22-20(23)8-10-30(22,24)25/h3-6,11-12H,7-10,13H2,1-2H3. The lowest BCUT2D eigenvalue weighted by molar-refractivity contribution is -0.116. The lowest BCUT2D eigenvalue weighted by atomic mass is 10.0. The molecule has 1 amide bonds. The second-order valence-electron chi connectivity index (χ2n) is 7.28. The fraction of sp³-hybridized carbons (Fsp3) is 0.350. The van der Waals surface area contributed by atoms with Gasteiger partial charge < -0.3 is 9.47 Å². The number of sulfonamides is 2. The fourth-order valence-electron chi connectivity index (χ4n) is 3.83. The molecule has 0 aliphatic carbocycles. The summed E-state index contributed by atoms with van der Waals surface area (Å²) in [4.78, 5) is 12.0. The zero-order valence-corrected chi connectivity index (χ0v) is 18.7. The van der Waals surface area contributed by atoms with E-state index in [2.05, 4.69) is 0 Å². The van der Waals surface area contributed by atoms with Crippen molar-refractivity contribution in [3.05, 3.63) is 47.5 Å². The molecule has 1 fully saturated rings. The van der Waals surface area contributed by atoms with Crippen molar-refractivity contribution < 1.29 is 31.1 Å². The van der Waals surface area contributed by atoms with Crippen LogP contribution in [0.1, 0.15) is 17.5 Å². The Bertz CT molecular complexity index is 1240. The molecule has 4 rings (SSSR count). The largest absolute Gasteiger partial charge is 0.493 e. The van der Waals surface area contributed by atoms with Crippen molar-refractivity contribution in [3.63, 3.8) is 0 Å². The first-order valence-corrected chi connectivity index (χ1v) is 12.6. The van der Waals surface area contributed by atoms with E-state index in [0.717, 1.165) is 15.4 Å². The van der Waals surface area contributed by atoms with Gasteiger partial charge in [-0.05, 0) is 53.9 Å². The highest BCUT2D eigenvalue weighted by molar-refractivity contribution is 7.94. The van der Waals surface area contributed by atoms with E-state index in [1.54, 1.807) is 13.2 Å². The van der Waals surface area contributed by atoms with Gasteiger partial charge in [0, 0.05) is 19.5 Å². The molecule has 31 heavy (non-hydrogen) atoms. The number of fused-ring (bicyclic) bond motifs is 1. The molecule has 9 nitrogen and oxygen atoms in total. The Balaban J connectivity index is 1.60. The summed E-state index contributed by atoms with van der Waals surface area (Å²) in [6.45, 7) is 0.477. The molecule has 0 N–H and O–H groups in total. The van der Waals surface area contributed by atoms with E-state index in [1.165, 1.54) is 35.7 Å². The Morgan fingerprint density at radius 2 is 1.55 bits per heavy atom. The van der Waals surface area contributed by atoms with Crippen molar-refractivity contribution in [2.75, 3.05) is 30.8 Å². The molecular weight excluding hydrogens is 444 g/mol. The van der Waals surface area contributed by atoms with E-state index < -0.39 is 26.0 Å². The number of hydrogen-bond donors (Lipinski definition) is 0. The zero-order chi connectivity index (χ0) is 22.4. The van der Waals surface area contributed by atoms with Crippen LogP contribution in [0.25, 0.3) is 0 Å². The number of anilines is 1. The number of nitrogens with zero attached hydrogens (tertiary/aromatic N) is 2. The highest BCUT2D eigenvalue weighted by atomic mass is 32.2. The maximum Gasteiger partial charge on any atom is 0.243 e. The monoisotopic (exact) mass is 466 g/mol. The molecule has 2 heterocycles. The molecule has 2 aromatic rings. The van der Waals surface area contributed by atoms with Gasteiger partial charge in [0.2, 0.25) is 26.0 Å². The molecule has 2 aromatic carbocycles. The quantitative estimate of drug-likeness (QED) is 0.657. The Labute approximate surface area is 181 Å². The second kappa shape index (κ2) is 7.81. The molecule has 2 aliphatic rings. The molecule has 2 aliphatic heterocycles. The lowest BCUT2D eigenvalue weighted by Crippen LogP contribution is -2.36. The van der Waals surface area contributed by atoms with Crippen LogP contribution in [-0.4, -0.2) is 53.6 Å². The van der Waals surface area contributed by atoms with Crippen molar-refractivity contribution in [3.8, 4) is 11.5 Å². The molecule has 1 saturated heterocycles. The van der Waals surface area contributed by atoms with Crippen molar-refractivity contribution in [1.82, 2.24) is 4.31 Å². The molecule has 11 heteroatoms. The zero-order valence-electron chi connectivity index (χ0n) is 17.1. The molecule has 166 valence electrons. The minimum Gasteiger partial charge on any atom is -0.493 e. The first-order valence-electron chi connectivity index (χ1n) is 9.57. The Morgan fingerprint density at radius 3 is 2.10 bits per heavy atom. The molecule has 0 saturated carbocycles. The molecule has 0 unspecified atom stereocenters. The first kappa shape index (κ1) is 21.6. The number of carbonyl (C=O) groups is 1. The first-order chi connectivity index (χ1) is 14.7. The molecule has 0 aromatic heterocycles. The van der Waals surface area contributed by atoms with E-state index in [0.29, 0.717) is 24.5 Å². The van der Waals surface area contributed by atoms with Gasteiger partial charge in [-0.25, -0.2) is 21.1 Å². The molecule has 0 bridgehead atoms. The molecular formula is C20H22N2O7S2. The van der Waals surface area contributed by atoms with Crippen molar-refractivity contribution in [2.45, 2.75) is 24.3 Å². The van der Waals surface area contributed by atoms with Gasteiger partial charge in [-0.3, -0.25) is 4.79 Å². The van der Waals surface area contributed by atoms with Crippen LogP contribution in [0.4, 0.5) is 5.69 Å². The Kier molecular flexibility index (Phi) is 5.44. The summed E-state index contributed by atoms with van der Waals surface area (Å²) in [5, 5.41) is 0. The van der Waals surface area contributed by atoms with Crippen LogP contribution in [0.2, 0.25) is 0 Å². The summed E-state index contributed by atoms with van der Waals surface area (Å²) in [6.07, 6.45) is 0.442. The van der Waals surface area contributed by atoms with Crippen LogP contribution in [0, 0.1) is 0 Å². The molecule has 0 spiro atoms. The number of benzene rings is 2. The SMILES string of the molecule is COc1cc2c(cc1OC)CN(S(=O)(=O)c1ccc(N3C(=O)CCS3(=O)=O)cc1)CC2. The number of ether oxygens (including phenoxy) is 2. The summed E-state index contributed by atoms with van der Waals surface area (Å²) in [7, 11) is -4.44. The van der Waals surface area contributed by atoms with Gasteiger partial charge >= 0.3 is 0 Å². The maximum absolute atomic E-state index is 13.2. The smallest absolute Gasteiger partial charge is 0.243 e. The normalized spacial score (nSPS) is 18.6. The Morgan fingerprint density at radius 1 is 0.935 bits per heavy atom. The van der Waals surface area contributed by atoms with E-state index in [-0.39, 0.29) is 29.3 Å². The minimum absolute atomic E-state index is 0.0317. The number of methoxy groups -OCH3 is 2. The summed E-state index contributed by atoms with van der Waals surface area (Å²) in [5.41, 5.74) is 1.97. The van der Waals surface area contributed by atoms with Crippen molar-refractivity contribution in [1.29, 1.82) is 0 Å². The molecule has 0 radical (unpaired) electrons. The predicted octanol–water partition coefficient (Wildman–Crippen LogP) is 1.52. The van der Waals surface area contributed by atoms with Gasteiger partial charge in [0.15, 0.2) is 11.5 Å². The second-order valence-corrected chi connectivity index (χ2v) is 11.2. The van der Waals surface area contributed by atoms with Gasteiger partial charge in [-0.15, -0.1) is 0 Å². The van der Waals surface area contributed by atoms with Gasteiger partial charge in [-0.1, -0.05) is 0 Å². The topological polar surface area (TPSA) is 110 Å². The number of carbonyl (C=O) groups excluding carboxylic acids is 1. The average Bonchev–Trinajstić information content (AvgIpc) is 3.04. The van der Waals surface area contributed by atoms with Gasteiger partial charge in [0.25, 0.3) is 0 Å². The maximum atomic E-state index is 13.2. The summed E-state index contributed by atoms with van der Waals surface area (Å²) in [6, 6.07) is 8.99. The van der Waals surface area contributed by atoms with Crippen LogP contribution in [0.5, 0.6) is 11.5 Å². The lowest BCUT2D eigenvalue weighted by Gasteiger charge is -2.29. The van der Waals surface area contributed by atoms with Crippen LogP contribution in [0.3, 0.4) is 0 Å². The fourth-order valence-corrected chi connectivity index (χ4v) is 6.71. The average molecular weight is 467 g/mol. The van der Waals surface area contributed by atoms with Crippen LogP contribution < -0.4 is 13.8 Å². The number of amides is 1. The van der Waals surface area contributed by atoms with Gasteiger partial charge in [-0.2, -0.15) is 4.31 Å². The van der Waals surface area contributed by atoms with E-state index in [9.17, 15) is 21.6 Å². The Hall–Kier alpha value is -2.63. The van der Waals surface area contributed by atoms with E-state index >= 15 is 0 Å². The highest BCUT2D eigenvalue weighted by Gasteiger charge is 2.36. The van der Waals surface area contributed by atoms with Crippen molar-refractivity contribution in [2.24, 2.45) is 0 Å². The van der Waals surface area contributed by atoms with Crippen molar-refractivity contribution >= 4 is 31.6 Å². The highest BCUT2D eigenvalue weighted by Crippen LogP contribution is 2.35. The predicted molar refractivity (Wildman–Crippen MR) is 113 cm³/mol. The van der Waals surface area contributed by atoms with Gasteiger partial charge in [0.05, 0.1) is 30.6 Å². The third-order valence-electron chi connectivity index (χ3n) is 5.47. The summed E-state index contributed by atoms with van der Waals surface area (Å²) >= 11 is 0. The van der Waals surface area contributed by atoms with Gasteiger partial charge in [0.1, 0.15) is 0 Å². The van der Waals surface area contributed by atoms with E-state index in [1.807, 2.05) is 6.07 Å². The van der Waals surface area contributed by atoms with Crippen LogP contribution in [0.15, 0.2) is 41.3 Å². The number of rotatable bonds is 5.